The fourth-order valence-electron chi connectivity index (χ4n) is 2.40. The summed E-state index contributed by atoms with van der Waals surface area (Å²) in [5, 5.41) is 3.26. The third-order valence-corrected chi connectivity index (χ3v) is 3.54. The molecule has 1 N–H and O–H groups in total. The van der Waals surface area contributed by atoms with Crippen molar-refractivity contribution in [1.82, 2.24) is 9.97 Å². The van der Waals surface area contributed by atoms with Crippen molar-refractivity contribution in [2.45, 2.75) is 20.4 Å². The molecule has 3 aromatic rings. The second kappa shape index (κ2) is 6.96. The maximum absolute atomic E-state index is 5.32. The van der Waals surface area contributed by atoms with E-state index in [9.17, 15) is 0 Å². The lowest BCUT2D eigenvalue weighted by atomic mass is 10.2. The Bertz CT molecular complexity index is 755. The predicted octanol–water partition coefficient (Wildman–Crippen LogP) is 4.15. The van der Waals surface area contributed by atoms with Gasteiger partial charge in [-0.05, 0) is 49.7 Å². The molecule has 5 nitrogen and oxygen atoms in total. The van der Waals surface area contributed by atoms with Crippen molar-refractivity contribution in [3.05, 3.63) is 66.2 Å². The number of hydrogen-bond acceptors (Lipinski definition) is 5. The van der Waals surface area contributed by atoms with Crippen LogP contribution in [0.4, 0.5) is 17.5 Å². The molecule has 0 spiro atoms. The molecule has 0 unspecified atom stereocenters. The molecule has 0 aliphatic rings. The zero-order valence-corrected chi connectivity index (χ0v) is 13.4. The van der Waals surface area contributed by atoms with Gasteiger partial charge in [0, 0.05) is 18.4 Å². The Hall–Kier alpha value is -2.82. The van der Waals surface area contributed by atoms with Gasteiger partial charge in [0.1, 0.15) is 11.6 Å². The molecule has 23 heavy (non-hydrogen) atoms. The number of furan rings is 1. The SMILES string of the molecule is CCN(c1cccc(C)c1)c1nccc(NCc2ccco2)n1. The first kappa shape index (κ1) is 15.1. The van der Waals surface area contributed by atoms with Gasteiger partial charge >= 0.3 is 0 Å². The van der Waals surface area contributed by atoms with Gasteiger partial charge in [-0.2, -0.15) is 4.98 Å². The van der Waals surface area contributed by atoms with Crippen molar-refractivity contribution in [3.8, 4) is 0 Å². The van der Waals surface area contributed by atoms with Crippen LogP contribution in [0.25, 0.3) is 0 Å². The van der Waals surface area contributed by atoms with Gasteiger partial charge in [-0.3, -0.25) is 0 Å². The van der Waals surface area contributed by atoms with Gasteiger partial charge in [0.25, 0.3) is 0 Å². The normalized spacial score (nSPS) is 10.5. The predicted molar refractivity (Wildman–Crippen MR) is 91.9 cm³/mol. The average molecular weight is 308 g/mol. The van der Waals surface area contributed by atoms with Gasteiger partial charge in [0.05, 0.1) is 12.8 Å². The van der Waals surface area contributed by atoms with Gasteiger partial charge in [0.15, 0.2) is 0 Å². The van der Waals surface area contributed by atoms with Crippen molar-refractivity contribution in [1.29, 1.82) is 0 Å². The Kier molecular flexibility index (Phi) is 4.57. The highest BCUT2D eigenvalue weighted by Crippen LogP contribution is 2.23. The molecule has 5 heteroatoms. The average Bonchev–Trinajstić information content (AvgIpc) is 3.08. The summed E-state index contributed by atoms with van der Waals surface area (Å²) < 4.78 is 5.32. The quantitative estimate of drug-likeness (QED) is 0.741. The van der Waals surface area contributed by atoms with Crippen LogP contribution < -0.4 is 10.2 Å². The monoisotopic (exact) mass is 308 g/mol. The fraction of sp³-hybridized carbons (Fsp3) is 0.222. The van der Waals surface area contributed by atoms with Crippen LogP contribution in [0.1, 0.15) is 18.2 Å². The summed E-state index contributed by atoms with van der Waals surface area (Å²) in [6.07, 6.45) is 3.43. The lowest BCUT2D eigenvalue weighted by Gasteiger charge is -2.21. The van der Waals surface area contributed by atoms with Crippen molar-refractivity contribution in [2.75, 3.05) is 16.8 Å². The maximum atomic E-state index is 5.32. The number of benzene rings is 1. The second-order valence-electron chi connectivity index (χ2n) is 5.26. The maximum Gasteiger partial charge on any atom is 0.231 e. The highest BCUT2D eigenvalue weighted by molar-refractivity contribution is 5.59. The van der Waals surface area contributed by atoms with Crippen LogP contribution in [0.5, 0.6) is 0 Å². The minimum absolute atomic E-state index is 0.597. The van der Waals surface area contributed by atoms with Crippen molar-refractivity contribution >= 4 is 17.5 Å². The molecule has 0 radical (unpaired) electrons. The molecular formula is C18H20N4O. The number of nitrogens with one attached hydrogen (secondary N) is 1. The third kappa shape index (κ3) is 3.69. The van der Waals surface area contributed by atoms with E-state index in [2.05, 4.69) is 52.2 Å². The zero-order chi connectivity index (χ0) is 16.1. The van der Waals surface area contributed by atoms with E-state index in [0.29, 0.717) is 12.5 Å². The first-order chi connectivity index (χ1) is 11.3. The molecule has 0 atom stereocenters. The summed E-state index contributed by atoms with van der Waals surface area (Å²) >= 11 is 0. The largest absolute Gasteiger partial charge is 0.467 e. The van der Waals surface area contributed by atoms with Crippen LogP contribution in [-0.2, 0) is 6.54 Å². The van der Waals surface area contributed by atoms with Crippen molar-refractivity contribution in [3.63, 3.8) is 0 Å². The van der Waals surface area contributed by atoms with E-state index in [1.807, 2.05) is 24.3 Å². The van der Waals surface area contributed by atoms with Crippen LogP contribution in [-0.4, -0.2) is 16.5 Å². The molecular weight excluding hydrogens is 288 g/mol. The molecule has 0 aliphatic heterocycles. The van der Waals surface area contributed by atoms with Crippen LogP contribution in [0.2, 0.25) is 0 Å². The van der Waals surface area contributed by atoms with Gasteiger partial charge in [-0.25, -0.2) is 4.98 Å². The number of hydrogen-bond donors (Lipinski definition) is 1. The Morgan fingerprint density at radius 1 is 1.17 bits per heavy atom. The number of aryl methyl sites for hydroxylation is 1. The number of rotatable bonds is 6. The minimum Gasteiger partial charge on any atom is -0.467 e. The smallest absolute Gasteiger partial charge is 0.231 e. The summed E-state index contributed by atoms with van der Waals surface area (Å²) in [6.45, 7) is 5.57. The summed E-state index contributed by atoms with van der Waals surface area (Å²) in [5.41, 5.74) is 2.31. The summed E-state index contributed by atoms with van der Waals surface area (Å²) in [6, 6.07) is 14.0. The highest BCUT2D eigenvalue weighted by Gasteiger charge is 2.11. The lowest BCUT2D eigenvalue weighted by molar-refractivity contribution is 0.518. The van der Waals surface area contributed by atoms with Crippen LogP contribution in [0, 0.1) is 6.92 Å². The van der Waals surface area contributed by atoms with E-state index in [4.69, 9.17) is 4.42 Å². The van der Waals surface area contributed by atoms with Gasteiger partial charge in [0.2, 0.25) is 5.95 Å². The van der Waals surface area contributed by atoms with Gasteiger partial charge in [-0.15, -0.1) is 0 Å². The van der Waals surface area contributed by atoms with E-state index >= 15 is 0 Å². The number of anilines is 3. The number of aromatic nitrogens is 2. The van der Waals surface area contributed by atoms with E-state index in [1.165, 1.54) is 5.56 Å². The van der Waals surface area contributed by atoms with Gasteiger partial charge in [-0.1, -0.05) is 12.1 Å². The summed E-state index contributed by atoms with van der Waals surface area (Å²) in [7, 11) is 0. The molecule has 2 aromatic heterocycles. The standard InChI is InChI=1S/C18H20N4O/c1-3-22(15-7-4-6-14(2)12-15)18-19-10-9-17(21-18)20-13-16-8-5-11-23-16/h4-12H,3,13H2,1-2H3,(H,19,20,21). The molecule has 2 heterocycles. The van der Waals surface area contributed by atoms with E-state index in [-0.39, 0.29) is 0 Å². The minimum atomic E-state index is 0.597. The zero-order valence-electron chi connectivity index (χ0n) is 13.4. The third-order valence-electron chi connectivity index (χ3n) is 3.54. The lowest BCUT2D eigenvalue weighted by Crippen LogP contribution is -2.19. The summed E-state index contributed by atoms with van der Waals surface area (Å²) in [4.78, 5) is 11.1. The molecule has 0 saturated carbocycles. The van der Waals surface area contributed by atoms with E-state index < -0.39 is 0 Å². The molecule has 1 aromatic carbocycles. The Balaban J connectivity index is 1.79. The molecule has 0 amide bonds. The highest BCUT2D eigenvalue weighted by atomic mass is 16.3. The molecule has 0 aliphatic carbocycles. The molecule has 0 bridgehead atoms. The second-order valence-corrected chi connectivity index (χ2v) is 5.26. The summed E-state index contributed by atoms with van der Waals surface area (Å²) in [5.74, 6) is 2.33. The van der Waals surface area contributed by atoms with Crippen LogP contribution in [0.15, 0.2) is 59.3 Å². The van der Waals surface area contributed by atoms with E-state index in [0.717, 1.165) is 23.8 Å². The van der Waals surface area contributed by atoms with Gasteiger partial charge < -0.3 is 14.6 Å². The van der Waals surface area contributed by atoms with Crippen LogP contribution >= 0.6 is 0 Å². The van der Waals surface area contributed by atoms with E-state index in [1.54, 1.807) is 12.5 Å². The fourth-order valence-corrected chi connectivity index (χ4v) is 2.40. The van der Waals surface area contributed by atoms with Crippen molar-refractivity contribution < 1.29 is 4.42 Å². The molecule has 118 valence electrons. The Morgan fingerprint density at radius 2 is 2.09 bits per heavy atom. The Morgan fingerprint density at radius 3 is 2.83 bits per heavy atom. The van der Waals surface area contributed by atoms with Crippen molar-refractivity contribution in [2.24, 2.45) is 0 Å². The van der Waals surface area contributed by atoms with Crippen LogP contribution in [0.3, 0.4) is 0 Å². The molecule has 3 rings (SSSR count). The molecule has 0 saturated heterocycles. The number of nitrogens with zero attached hydrogens (tertiary/aromatic N) is 3. The topological polar surface area (TPSA) is 54.2 Å². The molecule has 0 fully saturated rings. The Labute approximate surface area is 136 Å². The first-order valence-corrected chi connectivity index (χ1v) is 7.70. The first-order valence-electron chi connectivity index (χ1n) is 7.70.